The largest absolute Gasteiger partial charge is 0.497 e. The fourth-order valence-electron chi connectivity index (χ4n) is 3.68. The van der Waals surface area contributed by atoms with E-state index in [1.807, 2.05) is 66.7 Å². The molecule has 4 heteroatoms. The Bertz CT molecular complexity index is 1170. The lowest BCUT2D eigenvalue weighted by molar-refractivity contribution is 0.196. The molecule has 3 aromatic carbocycles. The van der Waals surface area contributed by atoms with Crippen molar-refractivity contribution >= 4 is 16.8 Å². The van der Waals surface area contributed by atoms with Gasteiger partial charge in [-0.25, -0.2) is 9.98 Å². The molecule has 29 heavy (non-hydrogen) atoms. The fraction of sp³-hybridized carbons (Fsp3) is 0.120. The first-order valence-electron chi connectivity index (χ1n) is 9.61. The molecular formula is C25H20N2O2. The predicted molar refractivity (Wildman–Crippen MR) is 114 cm³/mol. The minimum atomic E-state index is -0.179. The summed E-state index contributed by atoms with van der Waals surface area (Å²) in [4.78, 5) is 9.71. The van der Waals surface area contributed by atoms with Crippen molar-refractivity contribution < 1.29 is 9.47 Å². The van der Waals surface area contributed by atoms with E-state index >= 15 is 0 Å². The van der Waals surface area contributed by atoms with Gasteiger partial charge in [0, 0.05) is 5.39 Å². The Kier molecular flexibility index (Phi) is 4.45. The van der Waals surface area contributed by atoms with Crippen LogP contribution in [0, 0.1) is 0 Å². The quantitative estimate of drug-likeness (QED) is 0.469. The number of pyridine rings is 1. The standard InChI is InChI=1S/C25H20N2O2/c1-28-20-13-15-21-19(16-20)12-14-22(26-21)25-27-23(17-8-4-2-5-9-17)24(29-25)18-10-6-3-7-11-18/h2-16,23-24H,1H3/t23-,24+/m1/s1. The highest BCUT2D eigenvalue weighted by molar-refractivity contribution is 5.96. The Morgan fingerprint density at radius 2 is 1.52 bits per heavy atom. The third kappa shape index (κ3) is 3.34. The van der Waals surface area contributed by atoms with Crippen molar-refractivity contribution in [2.24, 2.45) is 4.99 Å². The van der Waals surface area contributed by atoms with E-state index in [9.17, 15) is 0 Å². The molecule has 0 fully saturated rings. The molecule has 5 rings (SSSR count). The number of hydrogen-bond donors (Lipinski definition) is 0. The van der Waals surface area contributed by atoms with Crippen LogP contribution in [0.1, 0.15) is 29.0 Å². The molecule has 2 heterocycles. The van der Waals surface area contributed by atoms with Gasteiger partial charge in [-0.3, -0.25) is 0 Å². The zero-order chi connectivity index (χ0) is 19.6. The molecule has 1 aliphatic heterocycles. The molecule has 0 radical (unpaired) electrons. The molecule has 1 aromatic heterocycles. The van der Waals surface area contributed by atoms with Crippen molar-refractivity contribution in [2.75, 3.05) is 7.11 Å². The lowest BCUT2D eigenvalue weighted by atomic mass is 9.97. The lowest BCUT2D eigenvalue weighted by Gasteiger charge is -2.18. The Balaban J connectivity index is 1.55. The number of methoxy groups -OCH3 is 1. The van der Waals surface area contributed by atoms with Gasteiger partial charge in [-0.05, 0) is 35.4 Å². The van der Waals surface area contributed by atoms with Gasteiger partial charge in [0.2, 0.25) is 5.90 Å². The first-order chi connectivity index (χ1) is 14.3. The summed E-state index contributed by atoms with van der Waals surface area (Å²) in [7, 11) is 1.66. The summed E-state index contributed by atoms with van der Waals surface area (Å²) >= 11 is 0. The van der Waals surface area contributed by atoms with Crippen LogP contribution in [0.2, 0.25) is 0 Å². The summed E-state index contributed by atoms with van der Waals surface area (Å²) in [5.74, 6) is 1.39. The molecule has 142 valence electrons. The van der Waals surface area contributed by atoms with Gasteiger partial charge < -0.3 is 9.47 Å². The molecule has 0 saturated carbocycles. The minimum absolute atomic E-state index is 0.109. The van der Waals surface area contributed by atoms with Gasteiger partial charge in [0.1, 0.15) is 17.5 Å². The first-order valence-corrected chi connectivity index (χ1v) is 9.61. The Hall–Kier alpha value is -3.66. The van der Waals surface area contributed by atoms with E-state index in [1.165, 1.54) is 0 Å². The maximum atomic E-state index is 6.36. The van der Waals surface area contributed by atoms with E-state index < -0.39 is 0 Å². The molecule has 0 aliphatic carbocycles. The molecule has 4 nitrogen and oxygen atoms in total. The molecule has 0 saturated heterocycles. The summed E-state index contributed by atoms with van der Waals surface area (Å²) in [5.41, 5.74) is 3.85. The Morgan fingerprint density at radius 1 is 0.793 bits per heavy atom. The number of nitrogens with zero attached hydrogens (tertiary/aromatic N) is 2. The summed E-state index contributed by atoms with van der Waals surface area (Å²) in [5, 5.41) is 1.02. The topological polar surface area (TPSA) is 43.7 Å². The third-order valence-electron chi connectivity index (χ3n) is 5.17. The molecule has 0 bridgehead atoms. The summed E-state index contributed by atoms with van der Waals surface area (Å²) < 4.78 is 11.7. The molecule has 0 unspecified atom stereocenters. The zero-order valence-electron chi connectivity index (χ0n) is 16.0. The Morgan fingerprint density at radius 3 is 2.24 bits per heavy atom. The third-order valence-corrected chi connectivity index (χ3v) is 5.17. The highest BCUT2D eigenvalue weighted by atomic mass is 16.5. The van der Waals surface area contributed by atoms with Gasteiger partial charge in [-0.15, -0.1) is 0 Å². The van der Waals surface area contributed by atoms with Crippen LogP contribution in [0.4, 0.5) is 0 Å². The van der Waals surface area contributed by atoms with Gasteiger partial charge in [-0.2, -0.15) is 0 Å². The van der Waals surface area contributed by atoms with Crippen LogP contribution >= 0.6 is 0 Å². The number of aromatic nitrogens is 1. The van der Waals surface area contributed by atoms with Crippen molar-refractivity contribution in [1.82, 2.24) is 4.98 Å². The van der Waals surface area contributed by atoms with Gasteiger partial charge in [-0.1, -0.05) is 66.7 Å². The fourth-order valence-corrected chi connectivity index (χ4v) is 3.68. The average molecular weight is 380 g/mol. The summed E-state index contributed by atoms with van der Waals surface area (Å²) in [6.45, 7) is 0. The van der Waals surface area contributed by atoms with Crippen molar-refractivity contribution in [3.8, 4) is 5.75 Å². The minimum Gasteiger partial charge on any atom is -0.497 e. The van der Waals surface area contributed by atoms with Crippen molar-refractivity contribution in [2.45, 2.75) is 12.1 Å². The van der Waals surface area contributed by atoms with Crippen molar-refractivity contribution in [1.29, 1.82) is 0 Å². The molecule has 2 atom stereocenters. The average Bonchev–Trinajstić information content (AvgIpc) is 3.25. The lowest BCUT2D eigenvalue weighted by Crippen LogP contribution is -2.10. The molecular weight excluding hydrogens is 360 g/mol. The highest BCUT2D eigenvalue weighted by Gasteiger charge is 2.34. The van der Waals surface area contributed by atoms with Crippen LogP contribution in [-0.2, 0) is 4.74 Å². The molecule has 4 aromatic rings. The van der Waals surface area contributed by atoms with Crippen molar-refractivity contribution in [3.63, 3.8) is 0 Å². The number of rotatable bonds is 4. The monoisotopic (exact) mass is 380 g/mol. The number of fused-ring (bicyclic) bond motifs is 1. The maximum absolute atomic E-state index is 6.36. The van der Waals surface area contributed by atoms with E-state index in [0.717, 1.165) is 33.5 Å². The van der Waals surface area contributed by atoms with Crippen LogP contribution in [0.3, 0.4) is 0 Å². The second-order valence-corrected chi connectivity index (χ2v) is 6.99. The second kappa shape index (κ2) is 7.40. The molecule has 0 N–H and O–H groups in total. The molecule has 0 amide bonds. The smallest absolute Gasteiger partial charge is 0.236 e. The second-order valence-electron chi connectivity index (χ2n) is 6.99. The van der Waals surface area contributed by atoms with Gasteiger partial charge in [0.15, 0.2) is 6.10 Å². The van der Waals surface area contributed by atoms with E-state index in [0.29, 0.717) is 5.90 Å². The van der Waals surface area contributed by atoms with E-state index in [2.05, 4.69) is 24.3 Å². The number of aliphatic imine (C=N–C) groups is 1. The number of ether oxygens (including phenoxy) is 2. The maximum Gasteiger partial charge on any atom is 0.236 e. The number of hydrogen-bond acceptors (Lipinski definition) is 4. The SMILES string of the molecule is COc1ccc2nc(C3=N[C@H](c4ccccc4)[C@H](c4ccccc4)O3)ccc2c1. The van der Waals surface area contributed by atoms with E-state index in [1.54, 1.807) is 7.11 Å². The van der Waals surface area contributed by atoms with Gasteiger partial charge >= 0.3 is 0 Å². The van der Waals surface area contributed by atoms with Crippen LogP contribution < -0.4 is 4.74 Å². The molecule has 0 spiro atoms. The van der Waals surface area contributed by atoms with Crippen LogP contribution in [0.15, 0.2) is 96.0 Å². The van der Waals surface area contributed by atoms with E-state index in [4.69, 9.17) is 19.5 Å². The van der Waals surface area contributed by atoms with E-state index in [-0.39, 0.29) is 12.1 Å². The van der Waals surface area contributed by atoms with Crippen LogP contribution in [-0.4, -0.2) is 18.0 Å². The first kappa shape index (κ1) is 17.4. The van der Waals surface area contributed by atoms with Crippen LogP contribution in [0.5, 0.6) is 5.75 Å². The van der Waals surface area contributed by atoms with Crippen LogP contribution in [0.25, 0.3) is 10.9 Å². The predicted octanol–water partition coefficient (Wildman–Crippen LogP) is 5.50. The van der Waals surface area contributed by atoms with Gasteiger partial charge in [0.25, 0.3) is 0 Å². The summed E-state index contributed by atoms with van der Waals surface area (Å²) in [6, 6.07) is 30.2. The van der Waals surface area contributed by atoms with Crippen molar-refractivity contribution in [3.05, 3.63) is 108 Å². The zero-order valence-corrected chi connectivity index (χ0v) is 16.0. The highest BCUT2D eigenvalue weighted by Crippen LogP contribution is 2.41. The Labute approximate surface area is 169 Å². The number of benzene rings is 3. The molecule has 1 aliphatic rings. The normalized spacial score (nSPS) is 18.3. The summed E-state index contributed by atoms with van der Waals surface area (Å²) in [6.07, 6.45) is -0.179. The van der Waals surface area contributed by atoms with Gasteiger partial charge in [0.05, 0.1) is 12.6 Å².